The molecule has 0 bridgehead atoms. The van der Waals surface area contributed by atoms with Crippen LogP contribution in [0, 0.1) is 5.92 Å². The summed E-state index contributed by atoms with van der Waals surface area (Å²) < 4.78 is 0. The van der Waals surface area contributed by atoms with Crippen molar-refractivity contribution in [2.75, 3.05) is 26.2 Å². The molecule has 0 heterocycles. The topological polar surface area (TPSA) is 200 Å². The van der Waals surface area contributed by atoms with Gasteiger partial charge in [0.25, 0.3) is 0 Å². The molecule has 5 unspecified atom stereocenters. The Morgan fingerprint density at radius 1 is 0.824 bits per heavy atom. The summed E-state index contributed by atoms with van der Waals surface area (Å²) in [6, 6.07) is 19.4. The van der Waals surface area contributed by atoms with Gasteiger partial charge in [-0.2, -0.15) is 0 Å². The molecule has 3 aromatic carbocycles. The Hall–Kier alpha value is -4.36. The monoisotopic (exact) mass is 704 g/mol. The van der Waals surface area contributed by atoms with Gasteiger partial charge in [-0.25, -0.2) is 0 Å². The zero-order valence-corrected chi connectivity index (χ0v) is 30.1. The van der Waals surface area contributed by atoms with Crippen molar-refractivity contribution in [2.24, 2.45) is 17.4 Å². The third kappa shape index (κ3) is 13.7. The normalized spacial score (nSPS) is 14.3. The molecule has 0 aromatic heterocycles. The fraction of sp³-hybridized carbons (Fsp3) is 0.487. The number of aliphatic hydroxyl groups is 1. The molecule has 0 saturated carbocycles. The molecule has 278 valence electrons. The van der Waals surface area contributed by atoms with Crippen molar-refractivity contribution in [1.82, 2.24) is 20.9 Å². The standard InChI is InChI=1S/C39H56N6O6/c1-26(2)19-34(39(50)51)42-23-33(22-28-11-5-4-6-12-28)43-37(48)35(25-46)44-38(49)36(15-9-10-18-40)45(27(3)47)24-32(41)21-29-16-17-30-13-7-8-14-31(30)20-29/h4-8,11-14,16-17,20,26,32-36,42,46H,9-10,15,18-19,21-25,40-41H2,1-3H3,(H,43,48)(H,44,49)(H,50,51). The Labute approximate surface area is 301 Å². The quantitative estimate of drug-likeness (QED) is 0.0767. The van der Waals surface area contributed by atoms with Gasteiger partial charge in [0.1, 0.15) is 18.1 Å². The van der Waals surface area contributed by atoms with Crippen LogP contribution in [0.2, 0.25) is 0 Å². The number of benzene rings is 3. The molecule has 3 aromatic rings. The molecule has 12 nitrogen and oxygen atoms in total. The molecule has 3 rings (SSSR count). The summed E-state index contributed by atoms with van der Waals surface area (Å²) in [7, 11) is 0. The van der Waals surface area contributed by atoms with E-state index in [9.17, 15) is 29.4 Å². The van der Waals surface area contributed by atoms with Gasteiger partial charge in [-0.1, -0.05) is 86.6 Å². The number of carbonyl (C=O) groups is 4. The number of aliphatic carboxylic acids is 1. The van der Waals surface area contributed by atoms with Crippen LogP contribution in [-0.2, 0) is 32.0 Å². The van der Waals surface area contributed by atoms with Crippen molar-refractivity contribution in [3.8, 4) is 0 Å². The largest absolute Gasteiger partial charge is 0.480 e. The first-order valence-electron chi connectivity index (χ1n) is 17.8. The van der Waals surface area contributed by atoms with Crippen molar-refractivity contribution in [3.05, 3.63) is 83.9 Å². The molecule has 51 heavy (non-hydrogen) atoms. The highest BCUT2D eigenvalue weighted by Gasteiger charge is 2.32. The van der Waals surface area contributed by atoms with Gasteiger partial charge in [-0.05, 0) is 72.9 Å². The Kier molecular flexibility index (Phi) is 17.0. The molecule has 9 N–H and O–H groups in total. The fourth-order valence-corrected chi connectivity index (χ4v) is 6.24. The Morgan fingerprint density at radius 2 is 1.51 bits per heavy atom. The van der Waals surface area contributed by atoms with E-state index in [1.54, 1.807) is 0 Å². The minimum atomic E-state index is -1.32. The van der Waals surface area contributed by atoms with E-state index in [0.29, 0.717) is 38.6 Å². The van der Waals surface area contributed by atoms with Gasteiger partial charge in [-0.15, -0.1) is 0 Å². The second-order valence-corrected chi connectivity index (χ2v) is 13.7. The van der Waals surface area contributed by atoms with Gasteiger partial charge in [-0.3, -0.25) is 19.2 Å². The summed E-state index contributed by atoms with van der Waals surface area (Å²) in [5, 5.41) is 30.8. The Balaban J connectivity index is 1.75. The Morgan fingerprint density at radius 3 is 2.14 bits per heavy atom. The van der Waals surface area contributed by atoms with Crippen LogP contribution in [0.4, 0.5) is 0 Å². The molecular formula is C39H56N6O6. The van der Waals surface area contributed by atoms with Crippen molar-refractivity contribution >= 4 is 34.5 Å². The van der Waals surface area contributed by atoms with Crippen LogP contribution < -0.4 is 27.4 Å². The van der Waals surface area contributed by atoms with E-state index >= 15 is 0 Å². The van der Waals surface area contributed by atoms with Crippen LogP contribution in [0.5, 0.6) is 0 Å². The lowest BCUT2D eigenvalue weighted by Gasteiger charge is -2.33. The van der Waals surface area contributed by atoms with Crippen molar-refractivity contribution in [2.45, 2.75) is 89.5 Å². The van der Waals surface area contributed by atoms with Gasteiger partial charge >= 0.3 is 5.97 Å². The van der Waals surface area contributed by atoms with Gasteiger partial charge in [0.05, 0.1) is 6.61 Å². The van der Waals surface area contributed by atoms with Crippen LogP contribution in [0.3, 0.4) is 0 Å². The number of aliphatic hydroxyl groups excluding tert-OH is 1. The van der Waals surface area contributed by atoms with Gasteiger partial charge in [0.2, 0.25) is 17.7 Å². The average molecular weight is 705 g/mol. The maximum atomic E-state index is 13.9. The van der Waals surface area contributed by atoms with Crippen LogP contribution in [0.1, 0.15) is 57.6 Å². The van der Waals surface area contributed by atoms with Crippen LogP contribution >= 0.6 is 0 Å². The molecular weight excluding hydrogens is 648 g/mol. The highest BCUT2D eigenvalue weighted by atomic mass is 16.4. The molecule has 0 aliphatic rings. The van der Waals surface area contributed by atoms with E-state index in [4.69, 9.17) is 11.5 Å². The highest BCUT2D eigenvalue weighted by Crippen LogP contribution is 2.18. The smallest absolute Gasteiger partial charge is 0.320 e. The van der Waals surface area contributed by atoms with Crippen LogP contribution in [-0.4, -0.2) is 95.3 Å². The molecule has 0 radical (unpaired) electrons. The number of carboxylic acids is 1. The van der Waals surface area contributed by atoms with Crippen LogP contribution in [0.15, 0.2) is 72.8 Å². The highest BCUT2D eigenvalue weighted by molar-refractivity contribution is 5.92. The number of fused-ring (bicyclic) bond motifs is 1. The number of nitrogens with zero attached hydrogens (tertiary/aromatic N) is 1. The summed E-state index contributed by atoms with van der Waals surface area (Å²) in [6.07, 6.45) is 2.74. The second-order valence-electron chi connectivity index (χ2n) is 13.7. The molecule has 0 aliphatic heterocycles. The first kappa shape index (κ1) is 41.1. The van der Waals surface area contributed by atoms with Crippen molar-refractivity contribution in [1.29, 1.82) is 0 Å². The van der Waals surface area contributed by atoms with Gasteiger partial charge in [0, 0.05) is 32.1 Å². The van der Waals surface area contributed by atoms with Crippen molar-refractivity contribution in [3.63, 3.8) is 0 Å². The maximum absolute atomic E-state index is 13.9. The number of hydrogen-bond donors (Lipinski definition) is 7. The number of nitrogens with two attached hydrogens (primary N) is 2. The number of rotatable bonds is 22. The zero-order valence-electron chi connectivity index (χ0n) is 30.1. The number of carbonyl (C=O) groups excluding carboxylic acids is 3. The second kappa shape index (κ2) is 21.1. The lowest BCUT2D eigenvalue weighted by atomic mass is 10.00. The first-order chi connectivity index (χ1) is 24.4. The summed E-state index contributed by atoms with van der Waals surface area (Å²) >= 11 is 0. The number of amides is 3. The minimum absolute atomic E-state index is 0.102. The maximum Gasteiger partial charge on any atom is 0.320 e. The van der Waals surface area contributed by atoms with E-state index in [-0.39, 0.29) is 31.3 Å². The lowest BCUT2D eigenvalue weighted by Crippen LogP contribution is -2.59. The lowest BCUT2D eigenvalue weighted by molar-refractivity contribution is -0.141. The molecule has 3 amide bonds. The molecule has 5 atom stereocenters. The number of nitrogens with one attached hydrogen (secondary N) is 3. The van der Waals surface area contributed by atoms with Gasteiger partial charge in [0.15, 0.2) is 0 Å². The molecule has 0 spiro atoms. The summed E-state index contributed by atoms with van der Waals surface area (Å²) in [6.45, 7) is 5.22. The van der Waals surface area contributed by atoms with Crippen LogP contribution in [0.25, 0.3) is 10.8 Å². The number of unbranched alkanes of at least 4 members (excludes halogenated alkanes) is 1. The molecule has 0 saturated heterocycles. The number of hydrogen-bond acceptors (Lipinski definition) is 8. The minimum Gasteiger partial charge on any atom is -0.480 e. The van der Waals surface area contributed by atoms with Gasteiger partial charge < -0.3 is 42.5 Å². The fourth-order valence-electron chi connectivity index (χ4n) is 6.24. The average Bonchev–Trinajstić information content (AvgIpc) is 3.09. The van der Waals surface area contributed by atoms with E-state index in [0.717, 1.165) is 21.9 Å². The van der Waals surface area contributed by atoms with E-state index in [1.165, 1.54) is 11.8 Å². The summed E-state index contributed by atoms with van der Waals surface area (Å²) in [4.78, 5) is 53.8. The molecule has 0 fully saturated rings. The predicted octanol–water partition coefficient (Wildman–Crippen LogP) is 2.35. The first-order valence-corrected chi connectivity index (χ1v) is 17.8. The third-order valence-corrected chi connectivity index (χ3v) is 8.86. The van der Waals surface area contributed by atoms with Crippen molar-refractivity contribution < 1.29 is 29.4 Å². The molecule has 12 heteroatoms. The van der Waals surface area contributed by atoms with E-state index < -0.39 is 54.6 Å². The zero-order chi connectivity index (χ0) is 37.3. The third-order valence-electron chi connectivity index (χ3n) is 8.86. The summed E-state index contributed by atoms with van der Waals surface area (Å²) in [5.41, 5.74) is 14.2. The summed E-state index contributed by atoms with van der Waals surface area (Å²) in [5.74, 6) is -2.41. The Bertz CT molecular complexity index is 1550. The van der Waals surface area contributed by atoms with E-state index in [1.807, 2.05) is 80.6 Å². The number of carboxylic acid groups (broad SMARTS) is 1. The predicted molar refractivity (Wildman–Crippen MR) is 200 cm³/mol. The SMILES string of the molecule is CC(=O)N(CC(N)Cc1ccc2ccccc2c1)C(CCCCN)C(=O)NC(CO)C(=O)NC(CNC(CC(C)C)C(=O)O)Cc1ccccc1. The molecule has 0 aliphatic carbocycles. The van der Waals surface area contributed by atoms with E-state index in [2.05, 4.69) is 22.0 Å².